The van der Waals surface area contributed by atoms with Crippen LogP contribution >= 0.6 is 22.6 Å². The lowest BCUT2D eigenvalue weighted by atomic mass is 10.1. The molecule has 3 heteroatoms. The maximum Gasteiger partial charge on any atom is 0.0600 e. The number of anilines is 2. The van der Waals surface area contributed by atoms with Gasteiger partial charge in [-0.3, -0.25) is 0 Å². The van der Waals surface area contributed by atoms with Crippen LogP contribution in [0.5, 0.6) is 0 Å². The van der Waals surface area contributed by atoms with Crippen LogP contribution in [0.25, 0.3) is 0 Å². The van der Waals surface area contributed by atoms with Crippen LogP contribution in [0.4, 0.5) is 11.4 Å². The van der Waals surface area contributed by atoms with Crippen LogP contribution in [0.3, 0.4) is 0 Å². The Morgan fingerprint density at radius 2 is 1.62 bits per heavy atom. The monoisotopic (exact) mass is 330 g/mol. The molecule has 0 radical (unpaired) electrons. The molecule has 1 aromatic carbocycles. The highest BCUT2D eigenvalue weighted by Crippen LogP contribution is 2.27. The van der Waals surface area contributed by atoms with Gasteiger partial charge in [0.15, 0.2) is 0 Å². The van der Waals surface area contributed by atoms with Crippen molar-refractivity contribution in [1.82, 2.24) is 0 Å². The van der Waals surface area contributed by atoms with Gasteiger partial charge in [-0.25, -0.2) is 0 Å². The van der Waals surface area contributed by atoms with E-state index in [1.165, 1.54) is 41.4 Å². The number of nitrogens with zero attached hydrogens (tertiary/aromatic N) is 1. The van der Waals surface area contributed by atoms with Gasteiger partial charge in [0.05, 0.1) is 11.4 Å². The van der Waals surface area contributed by atoms with Gasteiger partial charge in [-0.05, 0) is 53.6 Å². The normalized spacial score (nSPS) is 17.9. The molecule has 0 bridgehead atoms. The van der Waals surface area contributed by atoms with Crippen LogP contribution in [0.15, 0.2) is 18.2 Å². The van der Waals surface area contributed by atoms with Crippen molar-refractivity contribution in [2.75, 3.05) is 23.7 Å². The molecule has 0 atom stereocenters. The third-order valence-corrected chi connectivity index (χ3v) is 3.86. The minimum Gasteiger partial charge on any atom is -0.397 e. The van der Waals surface area contributed by atoms with Gasteiger partial charge >= 0.3 is 0 Å². The van der Waals surface area contributed by atoms with Gasteiger partial charge in [0, 0.05) is 16.7 Å². The Morgan fingerprint density at radius 1 is 1.00 bits per heavy atom. The maximum atomic E-state index is 6.10. The Bertz CT molecular complexity index is 344. The third kappa shape index (κ3) is 3.03. The Morgan fingerprint density at radius 3 is 2.25 bits per heavy atom. The van der Waals surface area contributed by atoms with Gasteiger partial charge < -0.3 is 10.6 Å². The first-order chi connectivity index (χ1) is 7.77. The lowest BCUT2D eigenvalue weighted by molar-refractivity contribution is 0.557. The predicted molar refractivity (Wildman–Crippen MR) is 78.9 cm³/mol. The number of nitrogen functional groups attached to an aromatic ring is 1. The van der Waals surface area contributed by atoms with Crippen LogP contribution < -0.4 is 10.6 Å². The fourth-order valence-electron chi connectivity index (χ4n) is 2.30. The summed E-state index contributed by atoms with van der Waals surface area (Å²) in [4.78, 5) is 2.45. The van der Waals surface area contributed by atoms with Gasteiger partial charge in [0.1, 0.15) is 0 Å². The molecule has 0 aromatic heterocycles. The molecule has 2 rings (SSSR count). The summed E-state index contributed by atoms with van der Waals surface area (Å²) >= 11 is 2.31. The minimum absolute atomic E-state index is 0.924. The second-order valence-electron chi connectivity index (χ2n) is 4.46. The molecule has 2 nitrogen and oxygen atoms in total. The summed E-state index contributed by atoms with van der Waals surface area (Å²) in [7, 11) is 0. The van der Waals surface area contributed by atoms with Crippen LogP contribution in [0, 0.1) is 3.57 Å². The number of hydrogen-bond acceptors (Lipinski definition) is 2. The first-order valence-corrected chi connectivity index (χ1v) is 7.15. The van der Waals surface area contributed by atoms with Crippen molar-refractivity contribution in [2.24, 2.45) is 0 Å². The number of rotatable bonds is 1. The second-order valence-corrected chi connectivity index (χ2v) is 5.70. The maximum absolute atomic E-state index is 6.10. The molecule has 1 aromatic rings. The molecule has 0 aliphatic carbocycles. The minimum atomic E-state index is 0.924. The molecule has 1 aliphatic heterocycles. The van der Waals surface area contributed by atoms with Crippen molar-refractivity contribution < 1.29 is 0 Å². The molecule has 1 fully saturated rings. The Balaban J connectivity index is 2.14. The number of benzene rings is 1. The highest BCUT2D eigenvalue weighted by Gasteiger charge is 2.11. The van der Waals surface area contributed by atoms with Crippen LogP contribution in [-0.4, -0.2) is 13.1 Å². The zero-order valence-electron chi connectivity index (χ0n) is 9.58. The fraction of sp³-hybridized carbons (Fsp3) is 0.538. The second kappa shape index (κ2) is 5.75. The average molecular weight is 330 g/mol. The van der Waals surface area contributed by atoms with Crippen molar-refractivity contribution >= 4 is 34.0 Å². The van der Waals surface area contributed by atoms with E-state index in [9.17, 15) is 0 Å². The van der Waals surface area contributed by atoms with Crippen molar-refractivity contribution in [3.8, 4) is 0 Å². The molecular formula is C13H19IN2. The lowest BCUT2D eigenvalue weighted by Crippen LogP contribution is -2.27. The molecule has 1 saturated heterocycles. The zero-order chi connectivity index (χ0) is 11.4. The highest BCUT2D eigenvalue weighted by atomic mass is 127. The summed E-state index contributed by atoms with van der Waals surface area (Å²) in [6, 6.07) is 6.37. The average Bonchev–Trinajstić information content (AvgIpc) is 2.19. The summed E-state index contributed by atoms with van der Waals surface area (Å²) < 4.78 is 1.21. The van der Waals surface area contributed by atoms with Gasteiger partial charge in [-0.15, -0.1) is 0 Å². The number of hydrogen-bond donors (Lipinski definition) is 1. The van der Waals surface area contributed by atoms with Gasteiger partial charge in [-0.2, -0.15) is 0 Å². The van der Waals surface area contributed by atoms with Crippen molar-refractivity contribution in [3.63, 3.8) is 0 Å². The van der Waals surface area contributed by atoms with E-state index in [4.69, 9.17) is 5.73 Å². The van der Waals surface area contributed by atoms with E-state index in [1.807, 2.05) is 0 Å². The molecule has 0 unspecified atom stereocenters. The van der Waals surface area contributed by atoms with E-state index in [2.05, 4.69) is 45.7 Å². The Hall–Kier alpha value is -0.450. The third-order valence-electron chi connectivity index (χ3n) is 3.19. The summed E-state index contributed by atoms with van der Waals surface area (Å²) in [5.74, 6) is 0. The summed E-state index contributed by atoms with van der Waals surface area (Å²) in [5, 5.41) is 0. The molecule has 1 heterocycles. The quantitative estimate of drug-likeness (QED) is 0.629. The topological polar surface area (TPSA) is 29.3 Å². The number of nitrogens with two attached hydrogens (primary N) is 1. The predicted octanol–water partition coefficient (Wildman–Crippen LogP) is 3.64. The molecule has 16 heavy (non-hydrogen) atoms. The van der Waals surface area contributed by atoms with Gasteiger partial charge in [0.2, 0.25) is 0 Å². The Labute approximate surface area is 111 Å². The van der Waals surface area contributed by atoms with E-state index in [0.29, 0.717) is 0 Å². The summed E-state index contributed by atoms with van der Waals surface area (Å²) in [5.41, 5.74) is 8.24. The fourth-order valence-corrected chi connectivity index (χ4v) is 2.82. The SMILES string of the molecule is Nc1cc(I)ccc1N1CCCCCCC1. The molecule has 0 saturated carbocycles. The lowest BCUT2D eigenvalue weighted by Gasteiger charge is -2.28. The number of halogens is 1. The molecule has 2 N–H and O–H groups in total. The largest absolute Gasteiger partial charge is 0.397 e. The van der Waals surface area contributed by atoms with E-state index < -0.39 is 0 Å². The molecule has 0 spiro atoms. The van der Waals surface area contributed by atoms with Crippen molar-refractivity contribution in [3.05, 3.63) is 21.8 Å². The first kappa shape index (κ1) is 12.0. The van der Waals surface area contributed by atoms with Gasteiger partial charge in [0.25, 0.3) is 0 Å². The van der Waals surface area contributed by atoms with Crippen molar-refractivity contribution in [1.29, 1.82) is 0 Å². The smallest absolute Gasteiger partial charge is 0.0600 e. The highest BCUT2D eigenvalue weighted by molar-refractivity contribution is 14.1. The summed E-state index contributed by atoms with van der Waals surface area (Å²) in [6.07, 6.45) is 6.72. The van der Waals surface area contributed by atoms with E-state index in [-0.39, 0.29) is 0 Å². The van der Waals surface area contributed by atoms with E-state index in [1.54, 1.807) is 0 Å². The van der Waals surface area contributed by atoms with Crippen molar-refractivity contribution in [2.45, 2.75) is 32.1 Å². The molecule has 88 valence electrons. The van der Waals surface area contributed by atoms with E-state index >= 15 is 0 Å². The standard InChI is InChI=1S/C13H19IN2/c14-11-6-7-13(12(15)10-11)16-8-4-2-1-3-5-9-16/h6-7,10H,1-5,8-9,15H2. The van der Waals surface area contributed by atoms with Crippen LogP contribution in [-0.2, 0) is 0 Å². The zero-order valence-corrected chi connectivity index (χ0v) is 11.7. The summed E-state index contributed by atoms with van der Waals surface area (Å²) in [6.45, 7) is 2.32. The van der Waals surface area contributed by atoms with Gasteiger partial charge in [-0.1, -0.05) is 19.3 Å². The van der Waals surface area contributed by atoms with Crippen LogP contribution in [0.2, 0.25) is 0 Å². The van der Waals surface area contributed by atoms with E-state index in [0.717, 1.165) is 18.8 Å². The molecule has 0 amide bonds. The molecule has 1 aliphatic rings. The molecular weight excluding hydrogens is 311 g/mol. The first-order valence-electron chi connectivity index (χ1n) is 6.07. The Kier molecular flexibility index (Phi) is 4.32. The van der Waals surface area contributed by atoms with Crippen LogP contribution in [0.1, 0.15) is 32.1 Å².